The largest absolute Gasteiger partial charge is 0.393 e. The second-order valence-corrected chi connectivity index (χ2v) is 4.84. The minimum absolute atomic E-state index is 0.192. The summed E-state index contributed by atoms with van der Waals surface area (Å²) in [6.07, 6.45) is 3.82. The molecule has 0 aliphatic heterocycles. The molecule has 2 unspecified atom stereocenters. The molecule has 0 radical (unpaired) electrons. The number of carbonyl (C=O) groups excluding carboxylic acids is 1. The lowest BCUT2D eigenvalue weighted by molar-refractivity contribution is 0.0940. The molecule has 0 bridgehead atoms. The molecule has 4 nitrogen and oxygen atoms in total. The van der Waals surface area contributed by atoms with Gasteiger partial charge in [0.15, 0.2) is 0 Å². The van der Waals surface area contributed by atoms with Gasteiger partial charge in [-0.25, -0.2) is 4.98 Å². The fourth-order valence-corrected chi connectivity index (χ4v) is 2.18. The van der Waals surface area contributed by atoms with Crippen molar-refractivity contribution >= 4 is 17.5 Å². The molecule has 2 N–H and O–H groups in total. The highest BCUT2D eigenvalue weighted by molar-refractivity contribution is 6.30. The summed E-state index contributed by atoms with van der Waals surface area (Å²) in [5.74, 6) is 0.185. The molecule has 92 valence electrons. The quantitative estimate of drug-likeness (QED) is 0.862. The van der Waals surface area contributed by atoms with Gasteiger partial charge in [0.2, 0.25) is 0 Å². The van der Waals surface area contributed by atoms with Gasteiger partial charge in [-0.1, -0.05) is 11.6 Å². The number of nitrogens with one attached hydrogen (secondary N) is 1. The second-order valence-electron chi connectivity index (χ2n) is 4.40. The summed E-state index contributed by atoms with van der Waals surface area (Å²) >= 11 is 5.69. The Labute approximate surface area is 105 Å². The van der Waals surface area contributed by atoms with Crippen LogP contribution in [0.1, 0.15) is 29.8 Å². The Hall–Kier alpha value is -1.13. The lowest BCUT2D eigenvalue weighted by Gasteiger charge is -2.10. The van der Waals surface area contributed by atoms with Crippen LogP contribution in [0.15, 0.2) is 18.3 Å². The highest BCUT2D eigenvalue weighted by Gasteiger charge is 2.23. The minimum atomic E-state index is -0.203. The van der Waals surface area contributed by atoms with E-state index in [1.54, 1.807) is 12.1 Å². The molecular formula is C12H15ClN2O2. The van der Waals surface area contributed by atoms with Gasteiger partial charge in [0.25, 0.3) is 5.91 Å². The van der Waals surface area contributed by atoms with Crippen molar-refractivity contribution in [3.63, 3.8) is 0 Å². The molecule has 0 saturated heterocycles. The smallest absolute Gasteiger partial charge is 0.269 e. The van der Waals surface area contributed by atoms with Crippen LogP contribution in [0.5, 0.6) is 0 Å². The Morgan fingerprint density at radius 2 is 2.35 bits per heavy atom. The number of aliphatic hydroxyl groups is 1. The summed E-state index contributed by atoms with van der Waals surface area (Å²) in [5, 5.41) is 12.7. The molecule has 1 aliphatic rings. The van der Waals surface area contributed by atoms with Gasteiger partial charge in [0.1, 0.15) is 5.69 Å². The molecule has 1 heterocycles. The SMILES string of the molecule is O=C(NCC1CCC(O)C1)c1ccc(Cl)cn1. The van der Waals surface area contributed by atoms with Gasteiger partial charge in [-0.2, -0.15) is 0 Å². The van der Waals surface area contributed by atoms with E-state index in [1.165, 1.54) is 6.20 Å². The molecule has 1 aromatic rings. The number of pyridine rings is 1. The maximum Gasteiger partial charge on any atom is 0.269 e. The number of halogens is 1. The highest BCUT2D eigenvalue weighted by atomic mass is 35.5. The van der Waals surface area contributed by atoms with Crippen LogP contribution in [0, 0.1) is 5.92 Å². The molecule has 2 atom stereocenters. The standard InChI is InChI=1S/C12H15ClN2O2/c13-9-2-4-11(14-7-9)12(17)15-6-8-1-3-10(16)5-8/h2,4,7-8,10,16H,1,3,5-6H2,(H,15,17). The van der Waals surface area contributed by atoms with E-state index in [-0.39, 0.29) is 12.0 Å². The molecular weight excluding hydrogens is 240 g/mol. The maximum absolute atomic E-state index is 11.7. The van der Waals surface area contributed by atoms with Crippen LogP contribution in [0.25, 0.3) is 0 Å². The van der Waals surface area contributed by atoms with Crippen LogP contribution in [0.3, 0.4) is 0 Å². The number of hydrogen-bond donors (Lipinski definition) is 2. The van der Waals surface area contributed by atoms with Crippen LogP contribution in [-0.4, -0.2) is 28.6 Å². The molecule has 1 saturated carbocycles. The van der Waals surface area contributed by atoms with E-state index in [0.717, 1.165) is 19.3 Å². The first kappa shape index (κ1) is 12.3. The summed E-state index contributed by atoms with van der Waals surface area (Å²) in [7, 11) is 0. The predicted molar refractivity (Wildman–Crippen MR) is 64.9 cm³/mol. The van der Waals surface area contributed by atoms with Crippen LogP contribution >= 0.6 is 11.6 Å². The number of aliphatic hydroxyl groups excluding tert-OH is 1. The Morgan fingerprint density at radius 3 is 2.94 bits per heavy atom. The first-order chi connectivity index (χ1) is 8.15. The lowest BCUT2D eigenvalue weighted by atomic mass is 10.1. The van der Waals surface area contributed by atoms with Crippen molar-refractivity contribution < 1.29 is 9.90 Å². The highest BCUT2D eigenvalue weighted by Crippen LogP contribution is 2.24. The van der Waals surface area contributed by atoms with Crippen molar-refractivity contribution in [1.82, 2.24) is 10.3 Å². The van der Waals surface area contributed by atoms with Crippen molar-refractivity contribution in [2.75, 3.05) is 6.54 Å². The zero-order valence-electron chi connectivity index (χ0n) is 9.40. The first-order valence-electron chi connectivity index (χ1n) is 5.73. The lowest BCUT2D eigenvalue weighted by Crippen LogP contribution is -2.29. The fourth-order valence-electron chi connectivity index (χ4n) is 2.07. The van der Waals surface area contributed by atoms with E-state index in [4.69, 9.17) is 11.6 Å². The average Bonchev–Trinajstić information content (AvgIpc) is 2.73. The van der Waals surface area contributed by atoms with E-state index in [2.05, 4.69) is 10.3 Å². The summed E-state index contributed by atoms with van der Waals surface area (Å²) in [4.78, 5) is 15.7. The number of amides is 1. The molecule has 0 aromatic carbocycles. The summed E-state index contributed by atoms with van der Waals surface area (Å²) in [5.41, 5.74) is 0.368. The second kappa shape index (κ2) is 5.47. The zero-order chi connectivity index (χ0) is 12.3. The molecule has 5 heteroatoms. The normalized spacial score (nSPS) is 23.6. The van der Waals surface area contributed by atoms with E-state index in [9.17, 15) is 9.90 Å². The number of rotatable bonds is 3. The number of hydrogen-bond acceptors (Lipinski definition) is 3. The van der Waals surface area contributed by atoms with Gasteiger partial charge >= 0.3 is 0 Å². The summed E-state index contributed by atoms with van der Waals surface area (Å²) < 4.78 is 0. The first-order valence-corrected chi connectivity index (χ1v) is 6.11. The molecule has 1 aliphatic carbocycles. The topological polar surface area (TPSA) is 62.2 Å². The van der Waals surface area contributed by atoms with Gasteiger partial charge in [-0.3, -0.25) is 4.79 Å². The van der Waals surface area contributed by atoms with Crippen molar-refractivity contribution in [3.05, 3.63) is 29.0 Å². The third-order valence-corrected chi connectivity index (χ3v) is 3.25. The van der Waals surface area contributed by atoms with Gasteiger partial charge < -0.3 is 10.4 Å². The molecule has 1 fully saturated rings. The van der Waals surface area contributed by atoms with E-state index in [1.807, 2.05) is 0 Å². The monoisotopic (exact) mass is 254 g/mol. The summed E-state index contributed by atoms with van der Waals surface area (Å²) in [6, 6.07) is 3.24. The molecule has 1 aromatic heterocycles. The van der Waals surface area contributed by atoms with Crippen molar-refractivity contribution in [1.29, 1.82) is 0 Å². The number of aromatic nitrogens is 1. The van der Waals surface area contributed by atoms with E-state index >= 15 is 0 Å². The van der Waals surface area contributed by atoms with Gasteiger partial charge in [-0.05, 0) is 37.3 Å². The summed E-state index contributed by atoms with van der Waals surface area (Å²) in [6.45, 7) is 0.597. The Balaban J connectivity index is 1.83. The Morgan fingerprint density at radius 1 is 1.53 bits per heavy atom. The zero-order valence-corrected chi connectivity index (χ0v) is 10.2. The third kappa shape index (κ3) is 3.41. The van der Waals surface area contributed by atoms with Gasteiger partial charge in [-0.15, -0.1) is 0 Å². The number of carbonyl (C=O) groups is 1. The van der Waals surface area contributed by atoms with Crippen LogP contribution in [0.4, 0.5) is 0 Å². The van der Waals surface area contributed by atoms with Gasteiger partial charge in [0.05, 0.1) is 11.1 Å². The molecule has 0 spiro atoms. The van der Waals surface area contributed by atoms with Crippen molar-refractivity contribution in [3.8, 4) is 0 Å². The van der Waals surface area contributed by atoms with Crippen LogP contribution < -0.4 is 5.32 Å². The van der Waals surface area contributed by atoms with E-state index in [0.29, 0.717) is 23.2 Å². The molecule has 1 amide bonds. The Kier molecular flexibility index (Phi) is 3.97. The van der Waals surface area contributed by atoms with Crippen LogP contribution in [0.2, 0.25) is 5.02 Å². The third-order valence-electron chi connectivity index (χ3n) is 3.02. The molecule has 17 heavy (non-hydrogen) atoms. The van der Waals surface area contributed by atoms with Crippen molar-refractivity contribution in [2.24, 2.45) is 5.92 Å². The van der Waals surface area contributed by atoms with Crippen molar-refractivity contribution in [2.45, 2.75) is 25.4 Å². The fraction of sp³-hybridized carbons (Fsp3) is 0.500. The van der Waals surface area contributed by atoms with Gasteiger partial charge in [0, 0.05) is 12.7 Å². The Bertz CT molecular complexity index is 394. The number of nitrogens with zero attached hydrogens (tertiary/aromatic N) is 1. The maximum atomic E-state index is 11.7. The average molecular weight is 255 g/mol. The predicted octanol–water partition coefficient (Wildman–Crippen LogP) is 1.63. The van der Waals surface area contributed by atoms with Crippen LogP contribution in [-0.2, 0) is 0 Å². The minimum Gasteiger partial charge on any atom is -0.393 e. The van der Waals surface area contributed by atoms with E-state index < -0.39 is 0 Å². The molecule has 2 rings (SSSR count).